The van der Waals surface area contributed by atoms with Gasteiger partial charge in [0.1, 0.15) is 5.82 Å². The standard InChI is InChI=1S/C14H15BrFN3O/c1-8-6-9(4-5-17-8)14-18-13(19-20-14)11-7-10(16)2-3-12(11)15/h2-3,7-9,17H,4-6H2,1H3. The topological polar surface area (TPSA) is 51.0 Å². The molecule has 0 bridgehead atoms. The van der Waals surface area contributed by atoms with E-state index in [2.05, 4.69) is 38.3 Å². The van der Waals surface area contributed by atoms with Crippen LogP contribution in [0.5, 0.6) is 0 Å². The molecule has 20 heavy (non-hydrogen) atoms. The smallest absolute Gasteiger partial charge is 0.230 e. The molecule has 1 fully saturated rings. The van der Waals surface area contributed by atoms with Gasteiger partial charge in [0.2, 0.25) is 11.7 Å². The Morgan fingerprint density at radius 3 is 3.10 bits per heavy atom. The maximum Gasteiger partial charge on any atom is 0.230 e. The molecule has 0 aliphatic carbocycles. The molecule has 1 N–H and O–H groups in total. The van der Waals surface area contributed by atoms with Crippen molar-refractivity contribution in [2.75, 3.05) is 6.54 Å². The summed E-state index contributed by atoms with van der Waals surface area (Å²) in [6, 6.07) is 4.89. The lowest BCUT2D eigenvalue weighted by Crippen LogP contribution is -2.34. The van der Waals surface area contributed by atoms with E-state index in [1.807, 2.05) is 0 Å². The average Bonchev–Trinajstić information content (AvgIpc) is 2.91. The molecule has 0 radical (unpaired) electrons. The van der Waals surface area contributed by atoms with Crippen molar-refractivity contribution in [2.24, 2.45) is 0 Å². The molecule has 1 aromatic heterocycles. The van der Waals surface area contributed by atoms with Crippen molar-refractivity contribution in [2.45, 2.75) is 31.7 Å². The van der Waals surface area contributed by atoms with Crippen LogP contribution in [0.2, 0.25) is 0 Å². The highest BCUT2D eigenvalue weighted by molar-refractivity contribution is 9.10. The highest BCUT2D eigenvalue weighted by atomic mass is 79.9. The van der Waals surface area contributed by atoms with Gasteiger partial charge in [0, 0.05) is 22.0 Å². The van der Waals surface area contributed by atoms with E-state index < -0.39 is 0 Å². The van der Waals surface area contributed by atoms with Crippen LogP contribution in [-0.4, -0.2) is 22.7 Å². The largest absolute Gasteiger partial charge is 0.339 e. The van der Waals surface area contributed by atoms with Gasteiger partial charge in [-0.15, -0.1) is 0 Å². The molecule has 2 heterocycles. The Hall–Kier alpha value is -1.27. The van der Waals surface area contributed by atoms with Gasteiger partial charge in [-0.05, 0) is 44.5 Å². The van der Waals surface area contributed by atoms with E-state index in [9.17, 15) is 4.39 Å². The van der Waals surface area contributed by atoms with Gasteiger partial charge in [0.25, 0.3) is 0 Å². The van der Waals surface area contributed by atoms with Crippen molar-refractivity contribution >= 4 is 15.9 Å². The summed E-state index contributed by atoms with van der Waals surface area (Å²) in [6.45, 7) is 3.10. The van der Waals surface area contributed by atoms with Crippen LogP contribution in [-0.2, 0) is 0 Å². The van der Waals surface area contributed by atoms with E-state index in [1.54, 1.807) is 6.07 Å². The molecule has 0 spiro atoms. The number of nitrogens with one attached hydrogen (secondary N) is 1. The fourth-order valence-corrected chi connectivity index (χ4v) is 2.96. The number of nitrogens with zero attached hydrogens (tertiary/aromatic N) is 2. The maximum absolute atomic E-state index is 13.3. The molecule has 0 amide bonds. The predicted octanol–water partition coefficient (Wildman–Crippen LogP) is 3.49. The van der Waals surface area contributed by atoms with E-state index in [1.165, 1.54) is 12.1 Å². The molecule has 6 heteroatoms. The van der Waals surface area contributed by atoms with E-state index in [0.717, 1.165) is 23.9 Å². The third kappa shape index (κ3) is 2.76. The number of halogens is 2. The summed E-state index contributed by atoms with van der Waals surface area (Å²) in [4.78, 5) is 4.44. The van der Waals surface area contributed by atoms with Crippen molar-refractivity contribution in [3.63, 3.8) is 0 Å². The molecular formula is C14H15BrFN3O. The predicted molar refractivity (Wildman–Crippen MR) is 76.8 cm³/mol. The zero-order chi connectivity index (χ0) is 14.1. The minimum absolute atomic E-state index is 0.278. The maximum atomic E-state index is 13.3. The van der Waals surface area contributed by atoms with Crippen LogP contribution in [0.4, 0.5) is 4.39 Å². The Balaban J connectivity index is 1.88. The van der Waals surface area contributed by atoms with E-state index in [-0.39, 0.29) is 11.7 Å². The molecular weight excluding hydrogens is 325 g/mol. The SMILES string of the molecule is CC1CC(c2nc(-c3cc(F)ccc3Br)no2)CCN1. The fraction of sp³-hybridized carbons (Fsp3) is 0.429. The number of benzene rings is 1. The molecule has 2 aromatic rings. The van der Waals surface area contributed by atoms with Crippen molar-refractivity contribution in [3.05, 3.63) is 34.4 Å². The van der Waals surface area contributed by atoms with Crippen LogP contribution in [0.3, 0.4) is 0 Å². The Morgan fingerprint density at radius 2 is 2.30 bits per heavy atom. The highest BCUT2D eigenvalue weighted by Crippen LogP contribution is 2.31. The number of piperidine rings is 1. The first-order chi connectivity index (χ1) is 9.63. The van der Waals surface area contributed by atoms with Crippen LogP contribution in [0.15, 0.2) is 27.2 Å². The van der Waals surface area contributed by atoms with Gasteiger partial charge in [-0.1, -0.05) is 21.1 Å². The minimum Gasteiger partial charge on any atom is -0.339 e. The second kappa shape index (κ2) is 5.61. The first-order valence-corrected chi connectivity index (χ1v) is 7.45. The molecule has 2 unspecified atom stereocenters. The molecule has 1 aliphatic heterocycles. The van der Waals surface area contributed by atoms with Crippen molar-refractivity contribution in [1.29, 1.82) is 0 Å². The van der Waals surface area contributed by atoms with Crippen LogP contribution < -0.4 is 5.32 Å². The summed E-state index contributed by atoms with van der Waals surface area (Å²) < 4.78 is 19.5. The Morgan fingerprint density at radius 1 is 1.45 bits per heavy atom. The summed E-state index contributed by atoms with van der Waals surface area (Å²) in [5, 5.41) is 7.38. The van der Waals surface area contributed by atoms with Gasteiger partial charge in [-0.3, -0.25) is 0 Å². The van der Waals surface area contributed by atoms with Gasteiger partial charge in [-0.2, -0.15) is 4.98 Å². The van der Waals surface area contributed by atoms with Crippen LogP contribution in [0.1, 0.15) is 31.6 Å². The fourth-order valence-electron chi connectivity index (χ4n) is 2.54. The van der Waals surface area contributed by atoms with Gasteiger partial charge >= 0.3 is 0 Å². The van der Waals surface area contributed by atoms with Crippen molar-refractivity contribution in [1.82, 2.24) is 15.5 Å². The number of rotatable bonds is 2. The number of hydrogen-bond donors (Lipinski definition) is 1. The molecule has 1 aromatic carbocycles. The molecule has 4 nitrogen and oxygen atoms in total. The van der Waals surface area contributed by atoms with Gasteiger partial charge in [0.05, 0.1) is 0 Å². The van der Waals surface area contributed by atoms with Crippen molar-refractivity contribution < 1.29 is 8.91 Å². The lowest BCUT2D eigenvalue weighted by molar-refractivity contribution is 0.295. The van der Waals surface area contributed by atoms with Crippen molar-refractivity contribution in [3.8, 4) is 11.4 Å². The second-order valence-corrected chi connectivity index (χ2v) is 6.01. The molecule has 106 valence electrons. The zero-order valence-electron chi connectivity index (χ0n) is 11.1. The third-order valence-electron chi connectivity index (χ3n) is 3.58. The average molecular weight is 340 g/mol. The molecule has 0 saturated carbocycles. The lowest BCUT2D eigenvalue weighted by atomic mass is 9.93. The molecule has 3 rings (SSSR count). The van der Waals surface area contributed by atoms with Gasteiger partial charge in [0.15, 0.2) is 0 Å². The van der Waals surface area contributed by atoms with Gasteiger partial charge < -0.3 is 9.84 Å². The van der Waals surface area contributed by atoms with Crippen LogP contribution >= 0.6 is 15.9 Å². The van der Waals surface area contributed by atoms with E-state index >= 15 is 0 Å². The quantitative estimate of drug-likeness (QED) is 0.909. The first kappa shape index (κ1) is 13.7. The summed E-state index contributed by atoms with van der Waals surface area (Å²) >= 11 is 3.38. The summed E-state index contributed by atoms with van der Waals surface area (Å²) in [5.74, 6) is 1.03. The Labute approximate surface area is 124 Å². The normalized spacial score (nSPS) is 22.9. The molecule has 1 aliphatic rings. The Kier molecular flexibility index (Phi) is 3.85. The van der Waals surface area contributed by atoms with E-state index in [4.69, 9.17) is 4.52 Å². The van der Waals surface area contributed by atoms with Gasteiger partial charge in [-0.25, -0.2) is 4.39 Å². The number of aromatic nitrogens is 2. The van der Waals surface area contributed by atoms with E-state index in [0.29, 0.717) is 23.3 Å². The lowest BCUT2D eigenvalue weighted by Gasteiger charge is -2.25. The monoisotopic (exact) mass is 339 g/mol. The highest BCUT2D eigenvalue weighted by Gasteiger charge is 2.25. The minimum atomic E-state index is -0.315. The summed E-state index contributed by atoms with van der Waals surface area (Å²) in [5.41, 5.74) is 0.613. The zero-order valence-corrected chi connectivity index (χ0v) is 12.7. The molecule has 1 saturated heterocycles. The van der Waals surface area contributed by atoms with Crippen LogP contribution in [0, 0.1) is 5.82 Å². The Bertz CT molecular complexity index is 616. The summed E-state index contributed by atoms with van der Waals surface area (Å²) in [7, 11) is 0. The van der Waals surface area contributed by atoms with Crippen LogP contribution in [0.25, 0.3) is 11.4 Å². The first-order valence-electron chi connectivity index (χ1n) is 6.66. The summed E-state index contributed by atoms with van der Waals surface area (Å²) in [6.07, 6.45) is 1.96. The second-order valence-electron chi connectivity index (χ2n) is 5.16. The molecule has 2 atom stereocenters. The number of hydrogen-bond acceptors (Lipinski definition) is 4. The third-order valence-corrected chi connectivity index (χ3v) is 4.28.